The van der Waals surface area contributed by atoms with Crippen LogP contribution in [-0.2, 0) is 16.0 Å². The Morgan fingerprint density at radius 3 is 2.47 bits per heavy atom. The van der Waals surface area contributed by atoms with E-state index in [1.165, 1.54) is 0 Å². The number of hydrogen-bond acceptors (Lipinski definition) is 3. The van der Waals surface area contributed by atoms with Gasteiger partial charge in [0.05, 0.1) is 6.42 Å². The second kappa shape index (κ2) is 4.53. The summed E-state index contributed by atoms with van der Waals surface area (Å²) in [6.07, 6.45) is 5.30. The number of carboxylic acids is 1. The second-order valence-electron chi connectivity index (χ2n) is 4.32. The van der Waals surface area contributed by atoms with Gasteiger partial charge in [0.15, 0.2) is 0 Å². The monoisotopic (exact) mass is 234 g/mol. The third kappa shape index (κ3) is 2.43. The third-order valence-corrected chi connectivity index (χ3v) is 3.11. The number of nitrogens with zero attached hydrogens (tertiary/aromatic N) is 1. The molecule has 1 saturated carbocycles. The highest BCUT2D eigenvalue weighted by Gasteiger charge is 2.45. The molecule has 2 N–H and O–H groups in total. The van der Waals surface area contributed by atoms with E-state index < -0.39 is 11.5 Å². The fraction of sp³-hybridized carbons (Fsp3) is 0.417. The summed E-state index contributed by atoms with van der Waals surface area (Å²) in [7, 11) is 0. The Kier molecular flexibility index (Phi) is 3.08. The van der Waals surface area contributed by atoms with Crippen molar-refractivity contribution in [1.82, 2.24) is 10.3 Å². The molecule has 2 rings (SSSR count). The first kappa shape index (κ1) is 11.6. The summed E-state index contributed by atoms with van der Waals surface area (Å²) in [6.45, 7) is 0. The van der Waals surface area contributed by atoms with Crippen LogP contribution in [0.2, 0.25) is 0 Å². The lowest BCUT2D eigenvalue weighted by Crippen LogP contribution is -2.59. The molecule has 1 fully saturated rings. The summed E-state index contributed by atoms with van der Waals surface area (Å²) in [5, 5.41) is 11.7. The Hall–Kier alpha value is -1.91. The van der Waals surface area contributed by atoms with Crippen LogP contribution < -0.4 is 5.32 Å². The molecule has 0 saturated heterocycles. The molecule has 0 spiro atoms. The van der Waals surface area contributed by atoms with Crippen LogP contribution in [0, 0.1) is 0 Å². The van der Waals surface area contributed by atoms with Crippen molar-refractivity contribution in [2.24, 2.45) is 0 Å². The highest BCUT2D eigenvalue weighted by atomic mass is 16.4. The molecule has 1 amide bonds. The molecular formula is C12H14N2O3. The zero-order valence-corrected chi connectivity index (χ0v) is 9.35. The van der Waals surface area contributed by atoms with E-state index in [2.05, 4.69) is 10.3 Å². The van der Waals surface area contributed by atoms with E-state index in [-0.39, 0.29) is 12.3 Å². The topological polar surface area (TPSA) is 79.3 Å². The van der Waals surface area contributed by atoms with Gasteiger partial charge in [0.2, 0.25) is 5.91 Å². The number of carbonyl (C=O) groups is 2. The minimum atomic E-state index is -1.02. The molecule has 0 radical (unpaired) electrons. The number of nitrogens with one attached hydrogen (secondary N) is 1. The lowest BCUT2D eigenvalue weighted by atomic mass is 9.76. The van der Waals surface area contributed by atoms with Gasteiger partial charge in [-0.05, 0) is 37.0 Å². The smallest absolute Gasteiger partial charge is 0.329 e. The Labute approximate surface area is 98.9 Å². The number of carboxylic acid groups (broad SMARTS) is 1. The van der Waals surface area contributed by atoms with Gasteiger partial charge < -0.3 is 10.4 Å². The lowest BCUT2D eigenvalue weighted by molar-refractivity contribution is -0.151. The predicted molar refractivity (Wildman–Crippen MR) is 60.3 cm³/mol. The first-order chi connectivity index (χ1) is 8.12. The molecule has 17 heavy (non-hydrogen) atoms. The quantitative estimate of drug-likeness (QED) is 0.805. The molecule has 5 heteroatoms. The number of pyridine rings is 1. The van der Waals surface area contributed by atoms with Crippen molar-refractivity contribution in [3.63, 3.8) is 0 Å². The summed E-state index contributed by atoms with van der Waals surface area (Å²) in [4.78, 5) is 26.7. The maximum atomic E-state index is 11.7. The van der Waals surface area contributed by atoms with Crippen molar-refractivity contribution in [3.05, 3.63) is 30.1 Å². The van der Waals surface area contributed by atoms with Crippen LogP contribution in [-0.4, -0.2) is 27.5 Å². The molecule has 1 heterocycles. The van der Waals surface area contributed by atoms with E-state index in [1.807, 2.05) is 0 Å². The van der Waals surface area contributed by atoms with Crippen LogP contribution in [0.4, 0.5) is 0 Å². The van der Waals surface area contributed by atoms with Gasteiger partial charge in [0.1, 0.15) is 5.54 Å². The van der Waals surface area contributed by atoms with Crippen LogP contribution in [0.1, 0.15) is 24.8 Å². The number of hydrogen-bond donors (Lipinski definition) is 2. The zero-order chi connectivity index (χ0) is 12.3. The van der Waals surface area contributed by atoms with Crippen molar-refractivity contribution in [2.75, 3.05) is 0 Å². The highest BCUT2D eigenvalue weighted by Crippen LogP contribution is 2.32. The normalized spacial score (nSPS) is 16.9. The summed E-state index contributed by atoms with van der Waals surface area (Å²) < 4.78 is 0. The van der Waals surface area contributed by atoms with Crippen molar-refractivity contribution < 1.29 is 14.7 Å². The Balaban J connectivity index is 1.96. The van der Waals surface area contributed by atoms with Gasteiger partial charge in [-0.25, -0.2) is 4.79 Å². The van der Waals surface area contributed by atoms with E-state index in [0.29, 0.717) is 12.8 Å². The first-order valence-corrected chi connectivity index (χ1v) is 5.56. The maximum Gasteiger partial charge on any atom is 0.329 e. The Morgan fingerprint density at radius 1 is 1.35 bits per heavy atom. The third-order valence-electron chi connectivity index (χ3n) is 3.11. The van der Waals surface area contributed by atoms with Crippen LogP contribution in [0.3, 0.4) is 0 Å². The average molecular weight is 234 g/mol. The SMILES string of the molecule is O=C(Cc1ccncc1)NC1(C(=O)O)CCC1. The van der Waals surface area contributed by atoms with Gasteiger partial charge in [0, 0.05) is 12.4 Å². The summed E-state index contributed by atoms with van der Waals surface area (Å²) in [6, 6.07) is 3.49. The average Bonchev–Trinajstić information content (AvgIpc) is 2.24. The number of aliphatic carboxylic acids is 1. The van der Waals surface area contributed by atoms with Crippen molar-refractivity contribution in [1.29, 1.82) is 0 Å². The predicted octanol–water partition coefficient (Wildman–Crippen LogP) is 0.748. The number of amides is 1. The van der Waals surface area contributed by atoms with Gasteiger partial charge in [-0.2, -0.15) is 0 Å². The summed E-state index contributed by atoms with van der Waals surface area (Å²) in [5.41, 5.74) is -0.193. The van der Waals surface area contributed by atoms with E-state index >= 15 is 0 Å². The summed E-state index contributed by atoms with van der Waals surface area (Å²) >= 11 is 0. The van der Waals surface area contributed by atoms with Crippen LogP contribution >= 0.6 is 0 Å². The molecule has 1 aliphatic carbocycles. The Morgan fingerprint density at radius 2 is 2.00 bits per heavy atom. The molecule has 0 bridgehead atoms. The number of rotatable bonds is 4. The molecule has 1 aromatic rings. The molecule has 5 nitrogen and oxygen atoms in total. The van der Waals surface area contributed by atoms with E-state index in [1.54, 1.807) is 24.5 Å². The molecule has 0 aliphatic heterocycles. The standard InChI is InChI=1S/C12H14N2O3/c15-10(8-9-2-6-13-7-3-9)14-12(11(16)17)4-1-5-12/h2-3,6-7H,1,4-5,8H2,(H,14,15)(H,16,17). The Bertz CT molecular complexity index is 427. The van der Waals surface area contributed by atoms with E-state index in [0.717, 1.165) is 12.0 Å². The van der Waals surface area contributed by atoms with E-state index in [9.17, 15) is 9.59 Å². The second-order valence-corrected chi connectivity index (χ2v) is 4.32. The lowest BCUT2D eigenvalue weighted by Gasteiger charge is -2.38. The molecular weight excluding hydrogens is 220 g/mol. The van der Waals surface area contributed by atoms with Crippen molar-refractivity contribution >= 4 is 11.9 Å². The molecule has 1 aromatic heterocycles. The minimum Gasteiger partial charge on any atom is -0.480 e. The number of aromatic nitrogens is 1. The van der Waals surface area contributed by atoms with Gasteiger partial charge in [-0.15, -0.1) is 0 Å². The van der Waals surface area contributed by atoms with Crippen LogP contribution in [0.25, 0.3) is 0 Å². The highest BCUT2D eigenvalue weighted by molar-refractivity contribution is 5.88. The van der Waals surface area contributed by atoms with Crippen LogP contribution in [0.15, 0.2) is 24.5 Å². The number of carbonyl (C=O) groups excluding carboxylic acids is 1. The zero-order valence-electron chi connectivity index (χ0n) is 9.35. The first-order valence-electron chi connectivity index (χ1n) is 5.56. The molecule has 90 valence electrons. The van der Waals surface area contributed by atoms with Gasteiger partial charge in [-0.3, -0.25) is 9.78 Å². The molecule has 0 aromatic carbocycles. The molecule has 0 unspecified atom stereocenters. The van der Waals surface area contributed by atoms with Crippen molar-refractivity contribution in [2.45, 2.75) is 31.2 Å². The summed E-state index contributed by atoms with van der Waals surface area (Å²) in [5.74, 6) is -1.19. The largest absolute Gasteiger partial charge is 0.480 e. The molecule has 0 atom stereocenters. The molecule has 1 aliphatic rings. The van der Waals surface area contributed by atoms with Crippen LogP contribution in [0.5, 0.6) is 0 Å². The fourth-order valence-corrected chi connectivity index (χ4v) is 1.92. The van der Waals surface area contributed by atoms with Gasteiger partial charge >= 0.3 is 5.97 Å². The fourth-order valence-electron chi connectivity index (χ4n) is 1.92. The van der Waals surface area contributed by atoms with Gasteiger partial charge in [-0.1, -0.05) is 0 Å². The van der Waals surface area contributed by atoms with E-state index in [4.69, 9.17) is 5.11 Å². The van der Waals surface area contributed by atoms with Gasteiger partial charge in [0.25, 0.3) is 0 Å². The minimum absolute atomic E-state index is 0.192. The maximum absolute atomic E-state index is 11.7. The van der Waals surface area contributed by atoms with Crippen molar-refractivity contribution in [3.8, 4) is 0 Å².